The lowest BCUT2D eigenvalue weighted by molar-refractivity contribution is -0.124. The third kappa shape index (κ3) is 4.93. The molecule has 5 heteroatoms. The summed E-state index contributed by atoms with van der Waals surface area (Å²) < 4.78 is 0. The number of hydrogen-bond donors (Lipinski definition) is 1. The topological polar surface area (TPSA) is 57.6 Å². The Morgan fingerprint density at radius 3 is 2.23 bits per heavy atom. The standard InChI is InChI=1S/C26H33NO3S/c1-17-8-10-20(11-9-17)26(30)27(21-12-14-22(29)15-13-21)23-16-24(31-25(23)18(2)28)19-6-4-3-5-7-19/h3-7,16-17,20-22,29H,8-15H2,1-2H3/t17-,20-,21-,22+. The molecule has 2 aromatic rings. The molecule has 0 aliphatic heterocycles. The number of aliphatic hydroxyl groups is 1. The summed E-state index contributed by atoms with van der Waals surface area (Å²) in [6, 6.07) is 12.2. The Kier molecular flexibility index (Phi) is 6.92. The van der Waals surface area contributed by atoms with E-state index in [2.05, 4.69) is 6.92 Å². The monoisotopic (exact) mass is 439 g/mol. The molecule has 2 aliphatic rings. The lowest BCUT2D eigenvalue weighted by Crippen LogP contribution is -2.47. The number of carbonyl (C=O) groups excluding carboxylic acids is 2. The second-order valence-corrected chi connectivity index (χ2v) is 10.4. The van der Waals surface area contributed by atoms with E-state index in [1.54, 1.807) is 6.92 Å². The Morgan fingerprint density at radius 2 is 1.61 bits per heavy atom. The van der Waals surface area contributed by atoms with E-state index in [4.69, 9.17) is 0 Å². The smallest absolute Gasteiger partial charge is 0.230 e. The van der Waals surface area contributed by atoms with Crippen LogP contribution < -0.4 is 4.90 Å². The Balaban J connectivity index is 1.73. The molecule has 0 atom stereocenters. The van der Waals surface area contributed by atoms with Crippen LogP contribution in [0.25, 0.3) is 10.4 Å². The van der Waals surface area contributed by atoms with Crippen LogP contribution in [0.2, 0.25) is 0 Å². The van der Waals surface area contributed by atoms with Crippen molar-refractivity contribution in [1.29, 1.82) is 0 Å². The summed E-state index contributed by atoms with van der Waals surface area (Å²) in [6.45, 7) is 3.86. The predicted molar refractivity (Wildman–Crippen MR) is 127 cm³/mol. The minimum atomic E-state index is -0.279. The van der Waals surface area contributed by atoms with Crippen molar-refractivity contribution >= 4 is 28.7 Å². The first-order chi connectivity index (χ1) is 14.9. The largest absolute Gasteiger partial charge is 0.393 e. The van der Waals surface area contributed by atoms with Crippen molar-refractivity contribution < 1.29 is 14.7 Å². The molecule has 0 spiro atoms. The summed E-state index contributed by atoms with van der Waals surface area (Å²) >= 11 is 1.49. The Morgan fingerprint density at radius 1 is 0.968 bits per heavy atom. The van der Waals surface area contributed by atoms with Gasteiger partial charge in [0.1, 0.15) is 0 Å². The van der Waals surface area contributed by atoms with Crippen LogP contribution in [0.4, 0.5) is 5.69 Å². The number of nitrogens with zero attached hydrogens (tertiary/aromatic N) is 1. The maximum absolute atomic E-state index is 13.9. The first-order valence-corrected chi connectivity index (χ1v) is 12.5. The van der Waals surface area contributed by atoms with E-state index >= 15 is 0 Å². The summed E-state index contributed by atoms with van der Waals surface area (Å²) in [5.41, 5.74) is 1.85. The number of aliphatic hydroxyl groups excluding tert-OH is 1. The van der Waals surface area contributed by atoms with Crippen LogP contribution in [0.1, 0.15) is 74.9 Å². The van der Waals surface area contributed by atoms with Crippen LogP contribution >= 0.6 is 11.3 Å². The molecule has 1 aromatic carbocycles. The summed E-state index contributed by atoms with van der Waals surface area (Å²) in [4.78, 5) is 30.1. The third-order valence-corrected chi connectivity index (χ3v) is 8.26. The van der Waals surface area contributed by atoms with Crippen molar-refractivity contribution in [1.82, 2.24) is 0 Å². The first kappa shape index (κ1) is 22.2. The second kappa shape index (κ2) is 9.66. The van der Waals surface area contributed by atoms with Crippen LogP contribution in [-0.2, 0) is 4.79 Å². The Labute approximate surface area is 189 Å². The minimum Gasteiger partial charge on any atom is -0.393 e. The fourth-order valence-corrected chi connectivity index (χ4v) is 6.12. The average Bonchev–Trinajstić information content (AvgIpc) is 3.22. The lowest BCUT2D eigenvalue weighted by Gasteiger charge is -2.39. The van der Waals surface area contributed by atoms with Gasteiger partial charge in [-0.05, 0) is 68.9 Å². The number of thiophene rings is 1. The van der Waals surface area contributed by atoms with Crippen molar-refractivity contribution in [3.8, 4) is 10.4 Å². The van der Waals surface area contributed by atoms with Gasteiger partial charge in [-0.25, -0.2) is 0 Å². The zero-order chi connectivity index (χ0) is 22.0. The maximum atomic E-state index is 13.9. The summed E-state index contributed by atoms with van der Waals surface area (Å²) in [7, 11) is 0. The molecule has 1 aromatic heterocycles. The van der Waals surface area contributed by atoms with Crippen LogP contribution in [0.15, 0.2) is 36.4 Å². The van der Waals surface area contributed by atoms with E-state index in [0.717, 1.165) is 54.7 Å². The van der Waals surface area contributed by atoms with Gasteiger partial charge in [0.05, 0.1) is 16.7 Å². The average molecular weight is 440 g/mol. The minimum absolute atomic E-state index is 0.00749. The van der Waals surface area contributed by atoms with E-state index < -0.39 is 0 Å². The van der Waals surface area contributed by atoms with Gasteiger partial charge in [-0.2, -0.15) is 0 Å². The molecular formula is C26H33NO3S. The Bertz CT molecular complexity index is 906. The molecule has 166 valence electrons. The van der Waals surface area contributed by atoms with Crippen molar-refractivity contribution in [3.63, 3.8) is 0 Å². The van der Waals surface area contributed by atoms with Crippen LogP contribution in [0.5, 0.6) is 0 Å². The summed E-state index contributed by atoms with van der Waals surface area (Å²) in [5.74, 6) is 0.894. The van der Waals surface area contributed by atoms with Gasteiger partial charge in [0.25, 0.3) is 0 Å². The van der Waals surface area contributed by atoms with E-state index in [0.29, 0.717) is 23.6 Å². The van der Waals surface area contributed by atoms with Gasteiger partial charge < -0.3 is 10.0 Å². The van der Waals surface area contributed by atoms with Gasteiger partial charge in [0.2, 0.25) is 5.91 Å². The highest BCUT2D eigenvalue weighted by atomic mass is 32.1. The molecule has 1 N–H and O–H groups in total. The molecule has 0 radical (unpaired) electrons. The lowest BCUT2D eigenvalue weighted by atomic mass is 9.81. The number of benzene rings is 1. The predicted octanol–water partition coefficient (Wildman–Crippen LogP) is 6.08. The van der Waals surface area contributed by atoms with Gasteiger partial charge in [-0.15, -0.1) is 11.3 Å². The second-order valence-electron chi connectivity index (χ2n) is 9.37. The SMILES string of the molecule is CC(=O)c1sc(-c2ccccc2)cc1N(C(=O)[C@H]1CC[C@H](C)CC1)[C@H]1CC[C@@H](O)CC1. The number of hydrogen-bond acceptors (Lipinski definition) is 4. The quantitative estimate of drug-likeness (QED) is 0.574. The third-order valence-electron chi connectivity index (χ3n) is 6.98. The zero-order valence-corrected chi connectivity index (χ0v) is 19.4. The van der Waals surface area contributed by atoms with Gasteiger partial charge in [0.15, 0.2) is 5.78 Å². The summed E-state index contributed by atoms with van der Waals surface area (Å²) in [6.07, 6.45) is 6.74. The van der Waals surface area contributed by atoms with Crippen LogP contribution in [0, 0.1) is 11.8 Å². The number of anilines is 1. The normalized spacial score (nSPS) is 26.4. The molecule has 0 saturated heterocycles. The molecule has 2 fully saturated rings. The van der Waals surface area contributed by atoms with E-state index in [1.807, 2.05) is 41.3 Å². The number of Topliss-reactive ketones (excluding diaryl/α,β-unsaturated/α-hetero) is 1. The number of rotatable bonds is 5. The molecule has 0 bridgehead atoms. The van der Waals surface area contributed by atoms with E-state index in [-0.39, 0.29) is 29.8 Å². The molecule has 4 nitrogen and oxygen atoms in total. The molecular weight excluding hydrogens is 406 g/mol. The number of ketones is 1. The number of amides is 1. The number of carbonyl (C=O) groups is 2. The molecule has 31 heavy (non-hydrogen) atoms. The zero-order valence-electron chi connectivity index (χ0n) is 18.5. The fourth-order valence-electron chi connectivity index (χ4n) is 5.07. The highest BCUT2D eigenvalue weighted by Gasteiger charge is 2.36. The highest BCUT2D eigenvalue weighted by molar-refractivity contribution is 7.18. The molecule has 0 unspecified atom stereocenters. The first-order valence-electron chi connectivity index (χ1n) is 11.7. The van der Waals surface area contributed by atoms with Gasteiger partial charge in [0, 0.05) is 23.8 Å². The molecule has 2 aliphatic carbocycles. The van der Waals surface area contributed by atoms with Crippen molar-refractivity contribution in [2.45, 2.75) is 77.4 Å². The van der Waals surface area contributed by atoms with Gasteiger partial charge in [-0.3, -0.25) is 9.59 Å². The Hall–Kier alpha value is -1.98. The van der Waals surface area contributed by atoms with Gasteiger partial charge >= 0.3 is 0 Å². The highest BCUT2D eigenvalue weighted by Crippen LogP contribution is 2.41. The molecule has 1 amide bonds. The van der Waals surface area contributed by atoms with Crippen molar-refractivity contribution in [2.75, 3.05) is 4.90 Å². The molecule has 4 rings (SSSR count). The van der Waals surface area contributed by atoms with Crippen LogP contribution in [-0.4, -0.2) is 28.9 Å². The van der Waals surface area contributed by atoms with E-state index in [9.17, 15) is 14.7 Å². The van der Waals surface area contributed by atoms with Crippen molar-refractivity contribution in [3.05, 3.63) is 41.3 Å². The molecule has 2 saturated carbocycles. The van der Waals surface area contributed by atoms with Gasteiger partial charge in [-0.1, -0.05) is 37.3 Å². The fraction of sp³-hybridized carbons (Fsp3) is 0.538. The molecule has 1 heterocycles. The van der Waals surface area contributed by atoms with E-state index in [1.165, 1.54) is 11.3 Å². The summed E-state index contributed by atoms with van der Waals surface area (Å²) in [5, 5.41) is 10.0. The maximum Gasteiger partial charge on any atom is 0.230 e. The van der Waals surface area contributed by atoms with Crippen LogP contribution in [0.3, 0.4) is 0 Å². The van der Waals surface area contributed by atoms with Crippen molar-refractivity contribution in [2.24, 2.45) is 11.8 Å².